The highest BCUT2D eigenvalue weighted by molar-refractivity contribution is 5.93. The fourth-order valence-electron chi connectivity index (χ4n) is 0.780. The summed E-state index contributed by atoms with van der Waals surface area (Å²) < 4.78 is 12.8. The van der Waals surface area contributed by atoms with Gasteiger partial charge in [0.05, 0.1) is 5.56 Å². The summed E-state index contributed by atoms with van der Waals surface area (Å²) in [6.45, 7) is 1.68. The molecule has 0 saturated carbocycles. The minimum absolute atomic E-state index is 0.117. The summed E-state index contributed by atoms with van der Waals surface area (Å²) in [5.41, 5.74) is 2.35. The molecule has 0 heterocycles. The second-order valence-corrected chi connectivity index (χ2v) is 2.28. The third kappa shape index (κ3) is 1.52. The molecule has 12 heavy (non-hydrogen) atoms. The van der Waals surface area contributed by atoms with Crippen molar-refractivity contribution in [2.45, 2.75) is 6.92 Å². The predicted octanol–water partition coefficient (Wildman–Crippen LogP) is 0.338. The number of halogens is 1. The van der Waals surface area contributed by atoms with E-state index in [0.29, 0.717) is 5.56 Å². The largest absolute Gasteiger partial charge is 0.290 e. The van der Waals surface area contributed by atoms with Gasteiger partial charge in [0.25, 0.3) is 5.91 Å². The van der Waals surface area contributed by atoms with Crippen molar-refractivity contribution in [3.63, 3.8) is 0 Å². The van der Waals surface area contributed by atoms with Crippen LogP contribution in [0.3, 0.4) is 0 Å². The Bertz CT molecular complexity index is 312. The molecule has 1 aromatic rings. The van der Waals surface area contributed by atoms with E-state index in [2.05, 4.69) is 12.1 Å². The highest BCUT2D eigenvalue weighted by Gasteiger charge is 2.09. The lowest BCUT2D eigenvalue weighted by molar-refractivity contribution is 0.0949. The molecule has 0 saturated heterocycles. The van der Waals surface area contributed by atoms with Crippen molar-refractivity contribution < 1.29 is 9.18 Å². The van der Waals surface area contributed by atoms with Crippen LogP contribution < -0.4 is 11.3 Å². The minimum atomic E-state index is -0.747. The maximum Gasteiger partial charge on any atom is 0.268 e. The van der Waals surface area contributed by atoms with Crippen LogP contribution in [0.1, 0.15) is 15.9 Å². The first-order valence-corrected chi connectivity index (χ1v) is 3.26. The average Bonchev–Trinajstić information content (AvgIpc) is 2.08. The normalized spacial score (nSPS) is 8.92. The van der Waals surface area contributed by atoms with Crippen LogP contribution in [-0.2, 0) is 0 Å². The lowest BCUT2D eigenvalue weighted by Crippen LogP contribution is -2.30. The lowest BCUT2D eigenvalue weighted by Gasteiger charge is -1.98. The number of hydrogen-bond donors (Lipinski definition) is 2. The SMILES string of the molecule is Cc1c#cc(F)c(C(=O)NN)c1. The summed E-state index contributed by atoms with van der Waals surface area (Å²) in [4.78, 5) is 10.9. The van der Waals surface area contributed by atoms with Crippen molar-refractivity contribution >= 4 is 5.91 Å². The molecule has 0 aliphatic carbocycles. The molecule has 62 valence electrons. The molecule has 0 aliphatic rings. The fourth-order valence-corrected chi connectivity index (χ4v) is 0.780. The van der Waals surface area contributed by atoms with Crippen LogP contribution in [0.2, 0.25) is 0 Å². The molecule has 0 atom stereocenters. The van der Waals surface area contributed by atoms with Crippen LogP contribution in [0.25, 0.3) is 0 Å². The van der Waals surface area contributed by atoms with Crippen LogP contribution in [0.4, 0.5) is 4.39 Å². The van der Waals surface area contributed by atoms with Gasteiger partial charge in [-0.25, -0.2) is 5.84 Å². The number of amides is 1. The highest BCUT2D eigenvalue weighted by atomic mass is 19.1. The van der Waals surface area contributed by atoms with Crippen molar-refractivity contribution in [1.29, 1.82) is 0 Å². The first-order valence-electron chi connectivity index (χ1n) is 3.26. The molecule has 3 nitrogen and oxygen atoms in total. The first-order chi connectivity index (χ1) is 5.65. The summed E-state index contributed by atoms with van der Waals surface area (Å²) in [6, 6.07) is 6.03. The number of nitrogens with two attached hydrogens (primary N) is 1. The number of nitrogen functional groups attached to an aromatic ring is 1. The topological polar surface area (TPSA) is 55.1 Å². The Morgan fingerprint density at radius 3 is 2.92 bits per heavy atom. The zero-order valence-electron chi connectivity index (χ0n) is 6.44. The number of nitrogens with one attached hydrogen (secondary N) is 1. The van der Waals surface area contributed by atoms with Gasteiger partial charge in [-0.05, 0) is 19.1 Å². The summed E-state index contributed by atoms with van der Waals surface area (Å²) >= 11 is 0. The molecule has 0 spiro atoms. The number of rotatable bonds is 1. The van der Waals surface area contributed by atoms with Gasteiger partial charge in [0.2, 0.25) is 0 Å². The molecular weight excluding hydrogens is 159 g/mol. The third-order valence-corrected chi connectivity index (χ3v) is 1.34. The Balaban J connectivity index is 3.13. The molecule has 1 aromatic carbocycles. The van der Waals surface area contributed by atoms with Gasteiger partial charge >= 0.3 is 0 Å². The molecule has 3 N–H and O–H groups in total. The molecule has 0 radical (unpaired) electrons. The molecule has 0 fully saturated rings. The molecule has 1 amide bonds. The van der Waals surface area contributed by atoms with E-state index in [9.17, 15) is 9.18 Å². The van der Waals surface area contributed by atoms with Gasteiger partial charge in [0.1, 0.15) is 0 Å². The molecule has 0 bridgehead atoms. The number of hydrazine groups is 1. The maximum atomic E-state index is 12.8. The quantitative estimate of drug-likeness (QED) is 0.359. The Morgan fingerprint density at radius 2 is 2.33 bits per heavy atom. The van der Waals surface area contributed by atoms with Crippen LogP contribution in [0, 0.1) is 24.9 Å². The van der Waals surface area contributed by atoms with Gasteiger partial charge < -0.3 is 0 Å². The van der Waals surface area contributed by atoms with Gasteiger partial charge in [0, 0.05) is 5.56 Å². The van der Waals surface area contributed by atoms with E-state index in [1.165, 1.54) is 6.07 Å². The molecule has 1 rings (SSSR count). The summed E-state index contributed by atoms with van der Waals surface area (Å²) in [5, 5.41) is 0. The molecule has 0 aliphatic heterocycles. The van der Waals surface area contributed by atoms with Crippen molar-refractivity contribution in [3.05, 3.63) is 35.1 Å². The van der Waals surface area contributed by atoms with Crippen LogP contribution in [-0.4, -0.2) is 5.91 Å². The number of hydrogen-bond acceptors (Lipinski definition) is 2. The smallest absolute Gasteiger partial charge is 0.268 e. The van der Waals surface area contributed by atoms with E-state index >= 15 is 0 Å². The minimum Gasteiger partial charge on any atom is -0.290 e. The zero-order valence-corrected chi connectivity index (χ0v) is 6.44. The standard InChI is InChI=1S/C8H7FN2O/c1-5-2-3-7(9)6(4-5)8(12)11-10/h4H,10H2,1H3,(H,11,12). The number of carbonyl (C=O) groups is 1. The van der Waals surface area contributed by atoms with Crippen molar-refractivity contribution in [2.75, 3.05) is 0 Å². The van der Waals surface area contributed by atoms with Crippen molar-refractivity contribution in [1.82, 2.24) is 5.43 Å². The molecule has 0 unspecified atom stereocenters. The molecular formula is C8H7FN2O. The number of aryl methyl sites for hydroxylation is 1. The van der Waals surface area contributed by atoms with Gasteiger partial charge in [-0.15, -0.1) is 0 Å². The predicted molar refractivity (Wildman–Crippen MR) is 40.5 cm³/mol. The third-order valence-electron chi connectivity index (χ3n) is 1.34. The summed E-state index contributed by atoms with van der Waals surface area (Å²) in [7, 11) is 0. The molecule has 0 aromatic heterocycles. The summed E-state index contributed by atoms with van der Waals surface area (Å²) in [5.74, 6) is 3.42. The van der Waals surface area contributed by atoms with Crippen molar-refractivity contribution in [2.24, 2.45) is 5.84 Å². The Labute approximate surface area is 69.3 Å². The van der Waals surface area contributed by atoms with Crippen LogP contribution >= 0.6 is 0 Å². The second kappa shape index (κ2) is 3.20. The van der Waals surface area contributed by atoms with E-state index in [4.69, 9.17) is 5.84 Å². The zero-order chi connectivity index (χ0) is 9.14. The Kier molecular flexibility index (Phi) is 2.26. The molecule has 4 heteroatoms. The number of carbonyl (C=O) groups excluding carboxylic acids is 1. The first kappa shape index (κ1) is 8.50. The van der Waals surface area contributed by atoms with Gasteiger partial charge in [-0.3, -0.25) is 10.2 Å². The second-order valence-electron chi connectivity index (χ2n) is 2.28. The summed E-state index contributed by atoms with van der Waals surface area (Å²) in [6.07, 6.45) is 0. The van der Waals surface area contributed by atoms with E-state index in [-0.39, 0.29) is 5.56 Å². The Morgan fingerprint density at radius 1 is 1.67 bits per heavy atom. The van der Waals surface area contributed by atoms with E-state index in [1.54, 1.807) is 6.92 Å². The van der Waals surface area contributed by atoms with Crippen molar-refractivity contribution in [3.8, 4) is 0 Å². The van der Waals surface area contributed by atoms with Crippen LogP contribution in [0.5, 0.6) is 0 Å². The van der Waals surface area contributed by atoms with E-state index in [1.807, 2.05) is 5.43 Å². The Hall–Kier alpha value is -1.60. The maximum absolute atomic E-state index is 12.8. The fraction of sp³-hybridized carbons (Fsp3) is 0.125. The van der Waals surface area contributed by atoms with Gasteiger partial charge in [-0.2, -0.15) is 4.39 Å². The van der Waals surface area contributed by atoms with Crippen LogP contribution in [0.15, 0.2) is 6.07 Å². The van der Waals surface area contributed by atoms with E-state index in [0.717, 1.165) is 0 Å². The van der Waals surface area contributed by atoms with Gasteiger partial charge in [0.15, 0.2) is 5.82 Å². The van der Waals surface area contributed by atoms with Gasteiger partial charge in [-0.1, -0.05) is 6.07 Å². The monoisotopic (exact) mass is 166 g/mol. The average molecular weight is 166 g/mol. The van der Waals surface area contributed by atoms with E-state index < -0.39 is 11.7 Å². The highest BCUT2D eigenvalue weighted by Crippen LogP contribution is 2.04. The lowest BCUT2D eigenvalue weighted by atomic mass is 10.2.